The molecule has 6 heteroatoms. The first-order valence-corrected chi connectivity index (χ1v) is 5.49. The fourth-order valence-corrected chi connectivity index (χ4v) is 1.50. The lowest BCUT2D eigenvalue weighted by atomic mass is 10.3. The van der Waals surface area contributed by atoms with Crippen LogP contribution in [0.25, 0.3) is 0 Å². The van der Waals surface area contributed by atoms with Gasteiger partial charge in [0.15, 0.2) is 0 Å². The number of ether oxygens (including phenoxy) is 1. The number of hydrogen-bond acceptors (Lipinski definition) is 5. The van der Waals surface area contributed by atoms with E-state index < -0.39 is 11.9 Å². The number of piperazine rings is 1. The van der Waals surface area contributed by atoms with Gasteiger partial charge in [-0.05, 0) is 0 Å². The summed E-state index contributed by atoms with van der Waals surface area (Å²) in [6.45, 7) is 4.93. The normalized spacial score (nSPS) is 17.0. The molecule has 0 atom stereocenters. The molecule has 0 bridgehead atoms. The van der Waals surface area contributed by atoms with Crippen LogP contribution in [0.3, 0.4) is 0 Å². The number of hydrogen-bond donors (Lipinski definition) is 2. The Kier molecular flexibility index (Phi) is 5.81. The highest BCUT2D eigenvalue weighted by Crippen LogP contribution is 1.95. The van der Waals surface area contributed by atoms with Gasteiger partial charge in [0.25, 0.3) is 0 Å². The quantitative estimate of drug-likeness (QED) is 0.587. The molecule has 0 spiro atoms. The lowest BCUT2D eigenvalue weighted by molar-refractivity contribution is -0.148. The van der Waals surface area contributed by atoms with Gasteiger partial charge in [0.2, 0.25) is 0 Å². The van der Waals surface area contributed by atoms with E-state index in [0.29, 0.717) is 6.61 Å². The number of nitrogens with zero attached hydrogens (tertiary/aromatic N) is 1. The molecule has 16 heavy (non-hydrogen) atoms. The summed E-state index contributed by atoms with van der Waals surface area (Å²) in [5, 5.41) is 11.6. The lowest BCUT2D eigenvalue weighted by Gasteiger charge is -2.26. The average molecular weight is 230 g/mol. The highest BCUT2D eigenvalue weighted by atomic mass is 16.5. The minimum absolute atomic E-state index is 0.0448. The van der Waals surface area contributed by atoms with Crippen LogP contribution in [0.1, 0.15) is 12.8 Å². The number of aliphatic carboxylic acids is 1. The van der Waals surface area contributed by atoms with Crippen LogP contribution < -0.4 is 5.32 Å². The summed E-state index contributed by atoms with van der Waals surface area (Å²) < 4.78 is 4.93. The van der Waals surface area contributed by atoms with Crippen LogP contribution >= 0.6 is 0 Å². The van der Waals surface area contributed by atoms with E-state index in [0.717, 1.165) is 32.7 Å². The summed E-state index contributed by atoms with van der Waals surface area (Å²) in [7, 11) is 0. The van der Waals surface area contributed by atoms with Crippen LogP contribution in [0.5, 0.6) is 0 Å². The number of carboxylic acid groups (broad SMARTS) is 1. The molecule has 92 valence electrons. The van der Waals surface area contributed by atoms with E-state index in [4.69, 9.17) is 9.84 Å². The van der Waals surface area contributed by atoms with Crippen LogP contribution in [-0.2, 0) is 14.3 Å². The molecule has 0 aromatic carbocycles. The van der Waals surface area contributed by atoms with E-state index in [9.17, 15) is 9.59 Å². The van der Waals surface area contributed by atoms with Crippen LogP contribution in [-0.4, -0.2) is 61.3 Å². The third kappa shape index (κ3) is 5.67. The molecular weight excluding hydrogens is 212 g/mol. The van der Waals surface area contributed by atoms with Crippen molar-refractivity contribution in [2.24, 2.45) is 0 Å². The van der Waals surface area contributed by atoms with Gasteiger partial charge in [0.1, 0.15) is 6.61 Å². The standard InChI is InChI=1S/C10H18N2O4/c13-9(14)1-2-10(15)16-8-7-12-5-3-11-4-6-12/h11H,1-8H2,(H,13,14). The Balaban J connectivity index is 2.01. The first-order chi connectivity index (χ1) is 7.68. The van der Waals surface area contributed by atoms with Crippen molar-refractivity contribution >= 4 is 11.9 Å². The monoisotopic (exact) mass is 230 g/mol. The van der Waals surface area contributed by atoms with Gasteiger partial charge in [-0.3, -0.25) is 14.5 Å². The van der Waals surface area contributed by atoms with Crippen LogP contribution in [0.15, 0.2) is 0 Å². The third-order valence-electron chi connectivity index (χ3n) is 2.42. The molecule has 1 rings (SSSR count). The highest BCUT2D eigenvalue weighted by molar-refractivity contribution is 5.76. The van der Waals surface area contributed by atoms with Gasteiger partial charge >= 0.3 is 11.9 Å². The van der Waals surface area contributed by atoms with Crippen molar-refractivity contribution in [3.63, 3.8) is 0 Å². The topological polar surface area (TPSA) is 78.9 Å². The maximum atomic E-state index is 11.1. The van der Waals surface area contributed by atoms with E-state index in [2.05, 4.69) is 10.2 Å². The number of esters is 1. The largest absolute Gasteiger partial charge is 0.481 e. The van der Waals surface area contributed by atoms with Crippen LogP contribution in [0, 0.1) is 0 Å². The number of carbonyl (C=O) groups excluding carboxylic acids is 1. The highest BCUT2D eigenvalue weighted by Gasteiger charge is 2.10. The maximum Gasteiger partial charge on any atom is 0.306 e. The van der Waals surface area contributed by atoms with Gasteiger partial charge in [0.05, 0.1) is 12.8 Å². The van der Waals surface area contributed by atoms with Gasteiger partial charge in [-0.15, -0.1) is 0 Å². The van der Waals surface area contributed by atoms with Gasteiger partial charge in [-0.2, -0.15) is 0 Å². The van der Waals surface area contributed by atoms with Crippen molar-refractivity contribution in [1.29, 1.82) is 0 Å². The molecule has 1 aliphatic heterocycles. The minimum atomic E-state index is -0.973. The summed E-state index contributed by atoms with van der Waals surface area (Å²) >= 11 is 0. The van der Waals surface area contributed by atoms with Gasteiger partial charge in [-0.1, -0.05) is 0 Å². The fraction of sp³-hybridized carbons (Fsp3) is 0.800. The van der Waals surface area contributed by atoms with Crippen molar-refractivity contribution in [1.82, 2.24) is 10.2 Å². The smallest absolute Gasteiger partial charge is 0.306 e. The predicted molar refractivity (Wildman–Crippen MR) is 57.1 cm³/mol. The zero-order chi connectivity index (χ0) is 11.8. The van der Waals surface area contributed by atoms with Gasteiger partial charge in [-0.25, -0.2) is 0 Å². The van der Waals surface area contributed by atoms with E-state index in [1.807, 2.05) is 0 Å². The Morgan fingerprint density at radius 1 is 1.25 bits per heavy atom. The molecule has 1 fully saturated rings. The van der Waals surface area contributed by atoms with E-state index in [1.165, 1.54) is 0 Å². The van der Waals surface area contributed by atoms with Crippen molar-refractivity contribution in [3.8, 4) is 0 Å². The van der Waals surface area contributed by atoms with Crippen molar-refractivity contribution in [3.05, 3.63) is 0 Å². The fourth-order valence-electron chi connectivity index (χ4n) is 1.50. The zero-order valence-corrected chi connectivity index (χ0v) is 9.28. The minimum Gasteiger partial charge on any atom is -0.481 e. The van der Waals surface area contributed by atoms with E-state index in [-0.39, 0.29) is 12.8 Å². The Hall–Kier alpha value is -1.14. The van der Waals surface area contributed by atoms with Crippen LogP contribution in [0.2, 0.25) is 0 Å². The summed E-state index contributed by atoms with van der Waals surface area (Å²) in [6.07, 6.45) is -0.205. The van der Waals surface area contributed by atoms with Crippen LogP contribution in [0.4, 0.5) is 0 Å². The van der Waals surface area contributed by atoms with Crippen molar-refractivity contribution < 1.29 is 19.4 Å². The Morgan fingerprint density at radius 2 is 1.94 bits per heavy atom. The molecule has 0 amide bonds. The predicted octanol–water partition coefficient (Wildman–Crippen LogP) is -0.700. The molecule has 0 radical (unpaired) electrons. The number of rotatable bonds is 6. The molecular formula is C10H18N2O4. The first kappa shape index (κ1) is 12.9. The molecule has 6 nitrogen and oxygen atoms in total. The second-order valence-electron chi connectivity index (χ2n) is 3.71. The summed E-state index contributed by atoms with van der Waals surface area (Å²) in [5.41, 5.74) is 0. The molecule has 2 N–H and O–H groups in total. The second kappa shape index (κ2) is 7.19. The van der Waals surface area contributed by atoms with E-state index in [1.54, 1.807) is 0 Å². The number of nitrogens with one attached hydrogen (secondary N) is 1. The maximum absolute atomic E-state index is 11.1. The summed E-state index contributed by atoms with van der Waals surface area (Å²) in [5.74, 6) is -1.41. The molecule has 0 unspecified atom stereocenters. The first-order valence-electron chi connectivity index (χ1n) is 5.49. The molecule has 1 heterocycles. The Labute approximate surface area is 94.6 Å². The third-order valence-corrected chi connectivity index (χ3v) is 2.42. The Bertz CT molecular complexity index is 239. The summed E-state index contributed by atoms with van der Waals surface area (Å²) in [4.78, 5) is 23.5. The number of carbonyl (C=O) groups is 2. The lowest BCUT2D eigenvalue weighted by Crippen LogP contribution is -2.44. The molecule has 0 aliphatic carbocycles. The zero-order valence-electron chi connectivity index (χ0n) is 9.28. The number of carboxylic acids is 1. The Morgan fingerprint density at radius 3 is 2.56 bits per heavy atom. The summed E-state index contributed by atoms with van der Waals surface area (Å²) in [6, 6.07) is 0. The molecule has 1 saturated heterocycles. The molecule has 1 aliphatic rings. The van der Waals surface area contributed by atoms with Crippen molar-refractivity contribution in [2.75, 3.05) is 39.3 Å². The molecule has 0 saturated carbocycles. The average Bonchev–Trinajstić information content (AvgIpc) is 2.28. The van der Waals surface area contributed by atoms with Gasteiger partial charge in [0, 0.05) is 32.7 Å². The van der Waals surface area contributed by atoms with Gasteiger partial charge < -0.3 is 15.2 Å². The van der Waals surface area contributed by atoms with Crippen molar-refractivity contribution in [2.45, 2.75) is 12.8 Å². The SMILES string of the molecule is O=C(O)CCC(=O)OCCN1CCNCC1. The second-order valence-corrected chi connectivity index (χ2v) is 3.71. The van der Waals surface area contributed by atoms with E-state index >= 15 is 0 Å². The molecule has 0 aromatic heterocycles. The molecule has 0 aromatic rings.